The zero-order chi connectivity index (χ0) is 25.3. The summed E-state index contributed by atoms with van der Waals surface area (Å²) in [7, 11) is 0. The van der Waals surface area contributed by atoms with Gasteiger partial charge in [0.15, 0.2) is 11.4 Å². The number of nitrogens with zero attached hydrogens (tertiary/aromatic N) is 2. The molecule has 1 atom stereocenters. The van der Waals surface area contributed by atoms with E-state index >= 15 is 0 Å². The number of alkyl halides is 3. The van der Waals surface area contributed by atoms with Crippen LogP contribution in [0.5, 0.6) is 5.75 Å². The Morgan fingerprint density at radius 2 is 1.97 bits per heavy atom. The predicted molar refractivity (Wildman–Crippen MR) is 120 cm³/mol. The van der Waals surface area contributed by atoms with E-state index in [0.717, 1.165) is 10.9 Å². The number of aromatic hydroxyl groups is 1. The molecule has 0 spiro atoms. The highest BCUT2D eigenvalue weighted by Gasteiger charge is 2.36. The number of halogens is 3. The van der Waals surface area contributed by atoms with Crippen molar-refractivity contribution in [3.63, 3.8) is 0 Å². The van der Waals surface area contributed by atoms with Gasteiger partial charge in [-0.1, -0.05) is 12.1 Å². The van der Waals surface area contributed by atoms with Crippen LogP contribution < -0.4 is 16.4 Å². The summed E-state index contributed by atoms with van der Waals surface area (Å²) in [6.45, 7) is 1.60. The predicted octanol–water partition coefficient (Wildman–Crippen LogP) is 3.56. The van der Waals surface area contributed by atoms with E-state index in [4.69, 9.17) is 10.2 Å². The number of nitrogens with one attached hydrogen (secondary N) is 2. The maximum absolute atomic E-state index is 13.4. The smallest absolute Gasteiger partial charge is 0.435 e. The zero-order valence-electron chi connectivity index (χ0n) is 18.3. The lowest BCUT2D eigenvalue weighted by molar-refractivity contribution is -0.141. The summed E-state index contributed by atoms with van der Waals surface area (Å²) in [6.07, 6.45) is -3.66. The summed E-state index contributed by atoms with van der Waals surface area (Å²) in [5, 5.41) is 18.9. The van der Waals surface area contributed by atoms with Crippen molar-refractivity contribution in [2.24, 2.45) is 5.73 Å². The summed E-state index contributed by atoms with van der Waals surface area (Å²) in [5.41, 5.74) is 5.25. The molecule has 182 valence electrons. The first-order chi connectivity index (χ1) is 16.5. The van der Waals surface area contributed by atoms with Gasteiger partial charge < -0.3 is 25.9 Å². The molecule has 2 aromatic carbocycles. The number of carbonyl (C=O) groups is 2. The molecule has 0 aliphatic rings. The molecule has 0 radical (unpaired) electrons. The summed E-state index contributed by atoms with van der Waals surface area (Å²) >= 11 is 0. The minimum Gasteiger partial charge on any atom is -0.504 e. The summed E-state index contributed by atoms with van der Waals surface area (Å²) < 4.78 is 46.3. The highest BCUT2D eigenvalue weighted by atomic mass is 19.4. The molecule has 12 heteroatoms. The van der Waals surface area contributed by atoms with Gasteiger partial charge >= 0.3 is 6.18 Å². The number of amides is 2. The fourth-order valence-corrected chi connectivity index (χ4v) is 3.32. The van der Waals surface area contributed by atoms with Crippen LogP contribution in [0.1, 0.15) is 28.7 Å². The average molecular weight is 487 g/mol. The normalized spacial score (nSPS) is 12.5. The van der Waals surface area contributed by atoms with Crippen LogP contribution in [0.25, 0.3) is 16.7 Å². The van der Waals surface area contributed by atoms with Crippen LogP contribution in [0, 0.1) is 0 Å². The number of carbonyl (C=O) groups excluding carboxylic acids is 2. The molecule has 4 aromatic rings. The SMILES string of the molecule is C[C@H](N)C(=O)NCc1cccc(-n2nc(C(F)(F)F)cc2C(=O)Nc2ccc3occ(O)c3c2)c1. The summed E-state index contributed by atoms with van der Waals surface area (Å²) in [4.78, 5) is 24.7. The van der Waals surface area contributed by atoms with Gasteiger partial charge in [-0.15, -0.1) is 0 Å². The summed E-state index contributed by atoms with van der Waals surface area (Å²) in [6, 6.07) is 10.5. The number of rotatable bonds is 6. The Hall–Kier alpha value is -4.32. The monoisotopic (exact) mass is 487 g/mol. The zero-order valence-corrected chi connectivity index (χ0v) is 18.3. The maximum Gasteiger partial charge on any atom is 0.435 e. The second-order valence-corrected chi connectivity index (χ2v) is 7.79. The Morgan fingerprint density at radius 1 is 1.20 bits per heavy atom. The Balaban J connectivity index is 1.67. The molecule has 0 aliphatic heterocycles. The third kappa shape index (κ3) is 5.11. The number of fused-ring (bicyclic) bond motifs is 1. The van der Waals surface area contributed by atoms with Gasteiger partial charge in [0.05, 0.1) is 17.1 Å². The van der Waals surface area contributed by atoms with Crippen LogP contribution in [-0.4, -0.2) is 32.7 Å². The van der Waals surface area contributed by atoms with E-state index in [1.54, 1.807) is 12.1 Å². The molecular formula is C23H20F3N5O4. The second-order valence-electron chi connectivity index (χ2n) is 7.79. The lowest BCUT2D eigenvalue weighted by Gasteiger charge is -2.11. The molecule has 0 bridgehead atoms. The first-order valence-corrected chi connectivity index (χ1v) is 10.3. The third-order valence-electron chi connectivity index (χ3n) is 5.08. The van der Waals surface area contributed by atoms with Gasteiger partial charge in [0.25, 0.3) is 5.91 Å². The Labute approximate surface area is 196 Å². The van der Waals surface area contributed by atoms with Crippen molar-refractivity contribution in [3.8, 4) is 11.4 Å². The van der Waals surface area contributed by atoms with Crippen LogP contribution in [0.15, 0.2) is 59.2 Å². The minimum absolute atomic E-state index is 0.0807. The van der Waals surface area contributed by atoms with Gasteiger partial charge in [0.1, 0.15) is 17.5 Å². The van der Waals surface area contributed by atoms with Crippen molar-refractivity contribution in [1.29, 1.82) is 0 Å². The molecule has 0 unspecified atom stereocenters. The Bertz CT molecular complexity index is 1410. The number of nitrogens with two attached hydrogens (primary N) is 1. The molecule has 0 saturated carbocycles. The van der Waals surface area contributed by atoms with Gasteiger partial charge in [-0.3, -0.25) is 9.59 Å². The first-order valence-electron chi connectivity index (χ1n) is 10.3. The van der Waals surface area contributed by atoms with Crippen molar-refractivity contribution in [2.45, 2.75) is 25.7 Å². The van der Waals surface area contributed by atoms with Crippen LogP contribution >= 0.6 is 0 Å². The largest absolute Gasteiger partial charge is 0.504 e. The van der Waals surface area contributed by atoms with Crippen molar-refractivity contribution in [1.82, 2.24) is 15.1 Å². The minimum atomic E-state index is -4.79. The second kappa shape index (κ2) is 9.14. The number of benzene rings is 2. The quantitative estimate of drug-likeness (QED) is 0.329. The van der Waals surface area contributed by atoms with Crippen molar-refractivity contribution >= 4 is 28.5 Å². The highest BCUT2D eigenvalue weighted by Crippen LogP contribution is 2.31. The standard InChI is InChI=1S/C23H20F3N5O4/c1-12(27)21(33)28-10-13-3-2-4-15(7-13)31-17(9-20(30-31)23(24,25)26)22(34)29-14-5-6-19-16(8-14)18(32)11-35-19/h2-9,11-12,32H,10,27H2,1H3,(H,28,33)(H,29,34)/t12-/m0/s1. The molecule has 5 N–H and O–H groups in total. The van der Waals surface area contributed by atoms with Crippen molar-refractivity contribution in [2.75, 3.05) is 5.32 Å². The number of furan rings is 1. The molecule has 0 aliphatic carbocycles. The fraction of sp³-hybridized carbons (Fsp3) is 0.174. The number of hydrogen-bond donors (Lipinski definition) is 4. The Kier molecular flexibility index (Phi) is 6.22. The van der Waals surface area contributed by atoms with Crippen LogP contribution in [0.4, 0.5) is 18.9 Å². The molecule has 0 fully saturated rings. The van der Waals surface area contributed by atoms with Gasteiger partial charge in [-0.05, 0) is 42.8 Å². The molecule has 2 aromatic heterocycles. The maximum atomic E-state index is 13.4. The van der Waals surface area contributed by atoms with Crippen LogP contribution in [0.2, 0.25) is 0 Å². The first kappa shape index (κ1) is 23.8. The molecule has 2 heterocycles. The fourth-order valence-electron chi connectivity index (χ4n) is 3.32. The molecular weight excluding hydrogens is 467 g/mol. The van der Waals surface area contributed by atoms with E-state index in [1.807, 2.05) is 0 Å². The molecule has 2 amide bonds. The molecule has 9 nitrogen and oxygen atoms in total. The van der Waals surface area contributed by atoms with E-state index in [9.17, 15) is 27.9 Å². The third-order valence-corrected chi connectivity index (χ3v) is 5.08. The molecule has 4 rings (SSSR count). The van der Waals surface area contributed by atoms with Gasteiger partial charge in [0.2, 0.25) is 5.91 Å². The average Bonchev–Trinajstić information content (AvgIpc) is 3.42. The van der Waals surface area contributed by atoms with Gasteiger partial charge in [-0.2, -0.15) is 18.3 Å². The van der Waals surface area contributed by atoms with Crippen molar-refractivity contribution < 1.29 is 32.3 Å². The van der Waals surface area contributed by atoms with E-state index < -0.39 is 29.7 Å². The van der Waals surface area contributed by atoms with Crippen LogP contribution in [-0.2, 0) is 17.5 Å². The van der Waals surface area contributed by atoms with Crippen LogP contribution in [0.3, 0.4) is 0 Å². The lowest BCUT2D eigenvalue weighted by Crippen LogP contribution is -2.37. The molecule has 35 heavy (non-hydrogen) atoms. The highest BCUT2D eigenvalue weighted by molar-refractivity contribution is 6.04. The number of hydrogen-bond acceptors (Lipinski definition) is 6. The van der Waals surface area contributed by atoms with E-state index in [-0.39, 0.29) is 29.4 Å². The molecule has 0 saturated heterocycles. The van der Waals surface area contributed by atoms with Gasteiger partial charge in [0, 0.05) is 18.3 Å². The van der Waals surface area contributed by atoms with Gasteiger partial charge in [-0.25, -0.2) is 4.68 Å². The van der Waals surface area contributed by atoms with E-state index in [1.165, 1.54) is 37.3 Å². The number of aromatic nitrogens is 2. The lowest BCUT2D eigenvalue weighted by atomic mass is 10.2. The van der Waals surface area contributed by atoms with E-state index in [2.05, 4.69) is 15.7 Å². The Morgan fingerprint density at radius 3 is 2.69 bits per heavy atom. The number of anilines is 1. The summed E-state index contributed by atoms with van der Waals surface area (Å²) in [5.74, 6) is -1.39. The topological polar surface area (TPSA) is 135 Å². The van der Waals surface area contributed by atoms with E-state index in [0.29, 0.717) is 22.6 Å². The van der Waals surface area contributed by atoms with Crippen molar-refractivity contribution in [3.05, 3.63) is 71.7 Å².